The second kappa shape index (κ2) is 9.89. The summed E-state index contributed by atoms with van der Waals surface area (Å²) in [6.45, 7) is 0.994. The van der Waals surface area contributed by atoms with Gasteiger partial charge in [-0.25, -0.2) is 13.1 Å². The zero-order valence-electron chi connectivity index (χ0n) is 16.0. The lowest BCUT2D eigenvalue weighted by Crippen LogP contribution is -2.24. The maximum atomic E-state index is 12.7. The number of rotatable bonds is 9. The first kappa shape index (κ1) is 21.3. The van der Waals surface area contributed by atoms with Gasteiger partial charge in [-0.15, -0.1) is 0 Å². The number of sulfonamides is 1. The highest BCUT2D eigenvalue weighted by atomic mass is 35.5. The molecule has 7 heteroatoms. The van der Waals surface area contributed by atoms with E-state index in [2.05, 4.69) is 4.72 Å². The number of hydrogen-bond donors (Lipinski definition) is 1. The molecule has 3 rings (SSSR count). The smallest absolute Gasteiger partial charge is 0.242 e. The summed E-state index contributed by atoms with van der Waals surface area (Å²) in [6, 6.07) is 22.0. The average molecular weight is 432 g/mol. The van der Waals surface area contributed by atoms with Crippen LogP contribution in [0.25, 0.3) is 0 Å². The number of hydrogen-bond acceptors (Lipinski definition) is 4. The van der Waals surface area contributed by atoms with Crippen LogP contribution in [-0.4, -0.2) is 15.5 Å². The molecule has 5 nitrogen and oxygen atoms in total. The number of ether oxygens (including phenoxy) is 2. The van der Waals surface area contributed by atoms with Crippen molar-refractivity contribution in [2.45, 2.75) is 24.7 Å². The molecule has 29 heavy (non-hydrogen) atoms. The van der Waals surface area contributed by atoms with Gasteiger partial charge in [0.2, 0.25) is 10.0 Å². The number of benzene rings is 3. The molecule has 0 fully saturated rings. The van der Waals surface area contributed by atoms with Crippen molar-refractivity contribution in [3.8, 4) is 5.75 Å². The SMILES string of the molecule is COc1ccc(Cl)c(S(=O)(=O)NCc2ccccc2COCc2ccccc2)c1. The van der Waals surface area contributed by atoms with Gasteiger partial charge in [0, 0.05) is 12.6 Å². The van der Waals surface area contributed by atoms with E-state index in [1.54, 1.807) is 6.07 Å². The summed E-state index contributed by atoms with van der Waals surface area (Å²) in [5, 5.41) is 0.137. The van der Waals surface area contributed by atoms with E-state index in [0.717, 1.165) is 16.7 Å². The average Bonchev–Trinajstić information content (AvgIpc) is 2.74. The number of methoxy groups -OCH3 is 1. The van der Waals surface area contributed by atoms with E-state index in [1.807, 2.05) is 54.6 Å². The Labute approximate surface area is 176 Å². The van der Waals surface area contributed by atoms with E-state index in [4.69, 9.17) is 21.1 Å². The third-order valence-electron chi connectivity index (χ3n) is 4.37. The summed E-state index contributed by atoms with van der Waals surface area (Å²) in [5.74, 6) is 0.421. The first-order valence-electron chi connectivity index (χ1n) is 9.01. The molecule has 0 aliphatic carbocycles. The fourth-order valence-corrected chi connectivity index (χ4v) is 4.31. The minimum Gasteiger partial charge on any atom is -0.497 e. The fourth-order valence-electron chi connectivity index (χ4n) is 2.79. The van der Waals surface area contributed by atoms with E-state index in [9.17, 15) is 8.42 Å². The van der Waals surface area contributed by atoms with Crippen LogP contribution in [0.2, 0.25) is 5.02 Å². The molecule has 152 valence electrons. The van der Waals surface area contributed by atoms with Crippen LogP contribution in [0.1, 0.15) is 16.7 Å². The van der Waals surface area contributed by atoms with Crippen molar-refractivity contribution in [3.63, 3.8) is 0 Å². The standard InChI is InChI=1S/C22H22ClNO4S/c1-27-20-11-12-21(23)22(13-20)29(25,26)24-14-18-9-5-6-10-19(18)16-28-15-17-7-3-2-4-8-17/h2-13,24H,14-16H2,1H3. The lowest BCUT2D eigenvalue weighted by atomic mass is 10.1. The molecular weight excluding hydrogens is 410 g/mol. The topological polar surface area (TPSA) is 64.6 Å². The van der Waals surface area contributed by atoms with E-state index in [1.165, 1.54) is 19.2 Å². The van der Waals surface area contributed by atoms with Crippen molar-refractivity contribution in [2.24, 2.45) is 0 Å². The highest BCUT2D eigenvalue weighted by molar-refractivity contribution is 7.89. The van der Waals surface area contributed by atoms with E-state index in [-0.39, 0.29) is 16.5 Å². The molecule has 0 atom stereocenters. The third kappa shape index (κ3) is 5.81. The summed E-state index contributed by atoms with van der Waals surface area (Å²) in [4.78, 5) is -0.0173. The molecule has 0 unspecified atom stereocenters. The first-order valence-corrected chi connectivity index (χ1v) is 10.9. The summed E-state index contributed by atoms with van der Waals surface area (Å²) < 4.78 is 39.0. The molecule has 0 amide bonds. The molecule has 0 bridgehead atoms. The van der Waals surface area contributed by atoms with Gasteiger partial charge in [-0.3, -0.25) is 0 Å². The van der Waals surface area contributed by atoms with Crippen LogP contribution in [-0.2, 0) is 34.5 Å². The van der Waals surface area contributed by atoms with Gasteiger partial charge in [0.05, 0.1) is 25.3 Å². The second-order valence-electron chi connectivity index (χ2n) is 6.37. The molecule has 0 saturated carbocycles. The zero-order chi connectivity index (χ0) is 20.7. The minimum atomic E-state index is -3.80. The molecule has 0 radical (unpaired) electrons. The van der Waals surface area contributed by atoms with Gasteiger partial charge in [-0.2, -0.15) is 0 Å². The zero-order valence-corrected chi connectivity index (χ0v) is 17.5. The predicted octanol–water partition coefficient (Wildman–Crippen LogP) is 4.54. The minimum absolute atomic E-state index is 0.0173. The van der Waals surface area contributed by atoms with Crippen molar-refractivity contribution in [3.05, 3.63) is 94.5 Å². The second-order valence-corrected chi connectivity index (χ2v) is 8.51. The molecule has 0 aliphatic rings. The van der Waals surface area contributed by atoms with Crippen molar-refractivity contribution in [2.75, 3.05) is 7.11 Å². The highest BCUT2D eigenvalue weighted by Gasteiger charge is 2.19. The largest absolute Gasteiger partial charge is 0.497 e. The van der Waals surface area contributed by atoms with Gasteiger partial charge < -0.3 is 9.47 Å². The van der Waals surface area contributed by atoms with Crippen LogP contribution < -0.4 is 9.46 Å². The number of nitrogens with one attached hydrogen (secondary N) is 1. The van der Waals surface area contributed by atoms with Crippen LogP contribution in [0, 0.1) is 0 Å². The summed E-state index contributed by atoms with van der Waals surface area (Å²) in [7, 11) is -2.33. The Morgan fingerprint density at radius 2 is 1.59 bits per heavy atom. The van der Waals surface area contributed by atoms with Crippen molar-refractivity contribution < 1.29 is 17.9 Å². The van der Waals surface area contributed by atoms with Crippen LogP contribution in [0.5, 0.6) is 5.75 Å². The third-order valence-corrected chi connectivity index (χ3v) is 6.25. The maximum absolute atomic E-state index is 12.7. The van der Waals surface area contributed by atoms with Gasteiger partial charge in [-0.05, 0) is 28.8 Å². The predicted molar refractivity (Wildman–Crippen MR) is 113 cm³/mol. The van der Waals surface area contributed by atoms with Crippen LogP contribution in [0.15, 0.2) is 77.7 Å². The van der Waals surface area contributed by atoms with Crippen molar-refractivity contribution in [1.82, 2.24) is 4.72 Å². The maximum Gasteiger partial charge on any atom is 0.242 e. The monoisotopic (exact) mass is 431 g/mol. The molecule has 0 aromatic heterocycles. The lowest BCUT2D eigenvalue weighted by molar-refractivity contribution is 0.106. The van der Waals surface area contributed by atoms with Crippen molar-refractivity contribution >= 4 is 21.6 Å². The highest BCUT2D eigenvalue weighted by Crippen LogP contribution is 2.26. The van der Waals surface area contributed by atoms with Gasteiger partial charge in [0.15, 0.2) is 0 Å². The van der Waals surface area contributed by atoms with Gasteiger partial charge >= 0.3 is 0 Å². The van der Waals surface area contributed by atoms with Crippen LogP contribution in [0.4, 0.5) is 0 Å². The molecule has 0 spiro atoms. The van der Waals surface area contributed by atoms with E-state index in [0.29, 0.717) is 19.0 Å². The molecule has 3 aromatic rings. The molecule has 0 saturated heterocycles. The molecular formula is C22H22ClNO4S. The fraction of sp³-hybridized carbons (Fsp3) is 0.182. The molecule has 3 aromatic carbocycles. The Bertz CT molecular complexity index is 1060. The Balaban J connectivity index is 1.67. The summed E-state index contributed by atoms with van der Waals surface area (Å²) >= 11 is 6.08. The van der Waals surface area contributed by atoms with Gasteiger partial charge in [0.1, 0.15) is 10.6 Å². The normalized spacial score (nSPS) is 11.4. The summed E-state index contributed by atoms with van der Waals surface area (Å²) in [6.07, 6.45) is 0. The Kier molecular flexibility index (Phi) is 7.28. The van der Waals surface area contributed by atoms with Crippen LogP contribution >= 0.6 is 11.6 Å². The molecule has 0 heterocycles. The Hall–Kier alpha value is -2.38. The van der Waals surface area contributed by atoms with Crippen LogP contribution in [0.3, 0.4) is 0 Å². The quantitative estimate of drug-likeness (QED) is 0.540. The molecule has 0 aliphatic heterocycles. The molecule has 1 N–H and O–H groups in total. The van der Waals surface area contributed by atoms with E-state index >= 15 is 0 Å². The van der Waals surface area contributed by atoms with Gasteiger partial charge in [0.25, 0.3) is 0 Å². The Morgan fingerprint density at radius 3 is 2.31 bits per heavy atom. The lowest BCUT2D eigenvalue weighted by Gasteiger charge is -2.13. The van der Waals surface area contributed by atoms with Crippen molar-refractivity contribution in [1.29, 1.82) is 0 Å². The van der Waals surface area contributed by atoms with Gasteiger partial charge in [-0.1, -0.05) is 66.2 Å². The first-order chi connectivity index (χ1) is 14.0. The number of halogens is 1. The van der Waals surface area contributed by atoms with E-state index < -0.39 is 10.0 Å². The summed E-state index contributed by atoms with van der Waals surface area (Å²) in [5.41, 5.74) is 2.84. The Morgan fingerprint density at radius 1 is 0.897 bits per heavy atom.